The number of carbonyl (C=O) groups excluding carboxylic acids is 4. The number of ether oxygens (including phenoxy) is 2. The lowest BCUT2D eigenvalue weighted by molar-refractivity contribution is -0.137. The van der Waals surface area contributed by atoms with Crippen molar-refractivity contribution in [3.8, 4) is 45.1 Å². The number of benzene rings is 4. The Bertz CT molecular complexity index is 2370. The number of amides is 4. The highest BCUT2D eigenvalue weighted by molar-refractivity contribution is 5.90. The van der Waals surface area contributed by atoms with Gasteiger partial charge in [0.1, 0.15) is 48.4 Å². The number of carbonyl (C=O) groups is 4. The van der Waals surface area contributed by atoms with Gasteiger partial charge in [-0.1, -0.05) is 74.5 Å². The molecule has 4 N–H and O–H groups in total. The standard InChI is InChI=1S/C48H50N8O6/c1-5-17-55(47(59)45(51-29(3)57)31-13-9-7-10-14-31)25-41-49-23-37(53-41)33-19-35-27-62-40-22-34(20-36-28-61-39(21-33)43(35)44(36)40)38-24-50-42(54-38)26-56(18-6-2)48(60)46(52-30(4)58)32-15-11-8-12-16-32/h7-16,19-24,45-46H,5-6,17-18,25-28H2,1-4H3,(H,49,53)(H,50,54)(H,51,57)(H,52,58)/t45-,46-/m1/s1. The van der Waals surface area contributed by atoms with Crippen molar-refractivity contribution in [2.45, 2.75) is 78.9 Å². The Morgan fingerprint density at radius 2 is 1.03 bits per heavy atom. The summed E-state index contributed by atoms with van der Waals surface area (Å²) < 4.78 is 12.9. The van der Waals surface area contributed by atoms with Gasteiger partial charge < -0.3 is 39.9 Å². The summed E-state index contributed by atoms with van der Waals surface area (Å²) >= 11 is 0. The van der Waals surface area contributed by atoms with Crippen LogP contribution in [0.1, 0.15) is 86.5 Å². The predicted octanol–water partition coefficient (Wildman–Crippen LogP) is 7.15. The van der Waals surface area contributed by atoms with E-state index in [1.165, 1.54) is 13.8 Å². The minimum absolute atomic E-state index is 0.205. The molecule has 0 bridgehead atoms. The molecule has 4 amide bonds. The molecule has 6 aromatic rings. The van der Waals surface area contributed by atoms with Crippen LogP contribution in [0.2, 0.25) is 0 Å². The molecule has 0 unspecified atom stereocenters. The zero-order valence-corrected chi connectivity index (χ0v) is 35.3. The molecule has 62 heavy (non-hydrogen) atoms. The van der Waals surface area contributed by atoms with E-state index in [2.05, 4.69) is 42.7 Å². The van der Waals surface area contributed by atoms with Gasteiger partial charge in [-0.05, 0) is 48.2 Å². The van der Waals surface area contributed by atoms with E-state index in [9.17, 15) is 19.2 Å². The first kappa shape index (κ1) is 41.5. The van der Waals surface area contributed by atoms with E-state index in [4.69, 9.17) is 9.47 Å². The Morgan fingerprint density at radius 3 is 1.40 bits per heavy atom. The van der Waals surface area contributed by atoms with Gasteiger partial charge in [0.25, 0.3) is 0 Å². The lowest BCUT2D eigenvalue weighted by Crippen LogP contribution is -2.42. The van der Waals surface area contributed by atoms with Gasteiger partial charge in [-0.15, -0.1) is 0 Å². The molecule has 4 heterocycles. The summed E-state index contributed by atoms with van der Waals surface area (Å²) in [5.74, 6) is 1.76. The number of aromatic amines is 2. The monoisotopic (exact) mass is 834 g/mol. The normalized spacial score (nSPS) is 13.2. The van der Waals surface area contributed by atoms with Crippen molar-refractivity contribution in [3.63, 3.8) is 0 Å². The Hall–Kier alpha value is -7.22. The maximum atomic E-state index is 13.9. The van der Waals surface area contributed by atoms with E-state index < -0.39 is 12.1 Å². The fourth-order valence-electron chi connectivity index (χ4n) is 8.24. The smallest absolute Gasteiger partial charge is 0.250 e. The lowest BCUT2D eigenvalue weighted by Gasteiger charge is -2.30. The molecule has 14 nitrogen and oxygen atoms in total. The predicted molar refractivity (Wildman–Crippen MR) is 233 cm³/mol. The molecule has 0 aliphatic carbocycles. The van der Waals surface area contributed by atoms with Crippen LogP contribution in [0.3, 0.4) is 0 Å². The van der Waals surface area contributed by atoms with Gasteiger partial charge in [-0.2, -0.15) is 0 Å². The summed E-state index contributed by atoms with van der Waals surface area (Å²) in [6.45, 7) is 8.98. The van der Waals surface area contributed by atoms with Crippen molar-refractivity contribution in [3.05, 3.63) is 131 Å². The zero-order valence-electron chi connectivity index (χ0n) is 35.3. The summed E-state index contributed by atoms with van der Waals surface area (Å²) in [5.41, 5.74) is 8.71. The average molecular weight is 835 g/mol. The van der Waals surface area contributed by atoms with Gasteiger partial charge in [0.05, 0.1) is 36.9 Å². The molecular weight excluding hydrogens is 785 g/mol. The quantitative estimate of drug-likeness (QED) is 0.0796. The van der Waals surface area contributed by atoms with E-state index in [-0.39, 0.29) is 36.7 Å². The van der Waals surface area contributed by atoms with Crippen molar-refractivity contribution >= 4 is 23.6 Å². The van der Waals surface area contributed by atoms with E-state index in [1.54, 1.807) is 22.2 Å². The average Bonchev–Trinajstić information content (AvgIpc) is 3.96. The molecule has 14 heteroatoms. The second-order valence-corrected chi connectivity index (χ2v) is 15.7. The molecule has 8 rings (SSSR count). The minimum Gasteiger partial charge on any atom is -0.488 e. The molecule has 2 aromatic heterocycles. The summed E-state index contributed by atoms with van der Waals surface area (Å²) in [5, 5.41) is 5.66. The first-order chi connectivity index (χ1) is 30.1. The summed E-state index contributed by atoms with van der Waals surface area (Å²) in [6.07, 6.45) is 5.00. The van der Waals surface area contributed by atoms with Crippen molar-refractivity contribution in [2.24, 2.45) is 0 Å². The van der Waals surface area contributed by atoms with Crippen LogP contribution < -0.4 is 20.1 Å². The van der Waals surface area contributed by atoms with Crippen LogP contribution in [0.4, 0.5) is 0 Å². The van der Waals surface area contributed by atoms with E-state index >= 15 is 0 Å². The molecule has 2 atom stereocenters. The largest absolute Gasteiger partial charge is 0.488 e. The molecule has 0 spiro atoms. The highest BCUT2D eigenvalue weighted by Crippen LogP contribution is 2.50. The maximum absolute atomic E-state index is 13.9. The second-order valence-electron chi connectivity index (χ2n) is 15.7. The van der Waals surface area contributed by atoms with Crippen molar-refractivity contribution < 1.29 is 28.7 Å². The molecule has 0 saturated carbocycles. The minimum atomic E-state index is -0.809. The van der Waals surface area contributed by atoms with Crippen LogP contribution in [-0.4, -0.2) is 66.5 Å². The maximum Gasteiger partial charge on any atom is 0.250 e. The van der Waals surface area contributed by atoms with Crippen molar-refractivity contribution in [2.75, 3.05) is 13.1 Å². The van der Waals surface area contributed by atoms with Gasteiger partial charge in [0, 0.05) is 60.3 Å². The third-order valence-corrected chi connectivity index (χ3v) is 11.0. The number of imidazole rings is 2. The van der Waals surface area contributed by atoms with Gasteiger partial charge in [0.2, 0.25) is 23.6 Å². The zero-order chi connectivity index (χ0) is 43.3. The van der Waals surface area contributed by atoms with Crippen LogP contribution >= 0.6 is 0 Å². The third-order valence-electron chi connectivity index (χ3n) is 11.0. The lowest BCUT2D eigenvalue weighted by atomic mass is 9.87. The third kappa shape index (κ3) is 8.80. The Morgan fingerprint density at radius 1 is 0.629 bits per heavy atom. The van der Waals surface area contributed by atoms with Crippen LogP contribution in [0.5, 0.6) is 11.5 Å². The van der Waals surface area contributed by atoms with Crippen LogP contribution in [0, 0.1) is 0 Å². The first-order valence-corrected chi connectivity index (χ1v) is 21.0. The Balaban J connectivity index is 1.00. The van der Waals surface area contributed by atoms with Crippen LogP contribution in [-0.2, 0) is 45.5 Å². The van der Waals surface area contributed by atoms with Gasteiger partial charge in [-0.25, -0.2) is 9.97 Å². The number of nitrogens with zero attached hydrogens (tertiary/aromatic N) is 4. The number of nitrogens with one attached hydrogen (secondary N) is 4. The number of aromatic nitrogens is 4. The van der Waals surface area contributed by atoms with Gasteiger partial charge in [0.15, 0.2) is 0 Å². The number of rotatable bonds is 16. The topological polar surface area (TPSA) is 175 Å². The summed E-state index contributed by atoms with van der Waals surface area (Å²) in [7, 11) is 0. The fourth-order valence-corrected chi connectivity index (χ4v) is 8.24. The van der Waals surface area contributed by atoms with Gasteiger partial charge >= 0.3 is 0 Å². The van der Waals surface area contributed by atoms with Crippen molar-refractivity contribution in [1.82, 2.24) is 40.4 Å². The summed E-state index contributed by atoms with van der Waals surface area (Å²) in [4.78, 5) is 71.6. The highest BCUT2D eigenvalue weighted by atomic mass is 16.5. The van der Waals surface area contributed by atoms with Crippen molar-refractivity contribution in [1.29, 1.82) is 0 Å². The van der Waals surface area contributed by atoms with Gasteiger partial charge in [-0.3, -0.25) is 19.2 Å². The van der Waals surface area contributed by atoms with E-state index in [0.717, 1.165) is 69.1 Å². The molecular formula is C48H50N8O6. The SMILES string of the molecule is CCCN(Cc1ncc(-c2cc3c4c(c2)OCc2cc(-c5cnc(CN(CCC)C(=O)[C@H](NC(C)=O)c6ccccc6)[nH]5)cc(c2-4)OC3)[nH]1)C(=O)[C@H](NC(C)=O)c1ccccc1. The molecule has 0 fully saturated rings. The molecule has 0 radical (unpaired) electrons. The van der Waals surface area contributed by atoms with E-state index in [0.29, 0.717) is 49.1 Å². The molecule has 318 valence electrons. The number of H-pyrrole nitrogens is 2. The molecule has 4 aromatic carbocycles. The van der Waals surface area contributed by atoms with Crippen LogP contribution in [0.15, 0.2) is 97.3 Å². The highest BCUT2D eigenvalue weighted by Gasteiger charge is 2.32. The Labute approximate surface area is 360 Å². The van der Waals surface area contributed by atoms with Crippen LogP contribution in [0.25, 0.3) is 33.6 Å². The first-order valence-electron chi connectivity index (χ1n) is 21.0. The molecule has 2 aliphatic rings. The molecule has 2 aliphatic heterocycles. The molecule has 0 saturated heterocycles. The van der Waals surface area contributed by atoms with E-state index in [1.807, 2.05) is 86.6 Å². The number of hydrogen-bond acceptors (Lipinski definition) is 8. The fraction of sp³-hybridized carbons (Fsp3) is 0.292. The summed E-state index contributed by atoms with van der Waals surface area (Å²) in [6, 6.07) is 25.1. The Kier molecular flexibility index (Phi) is 12.2. The number of hydrogen-bond donors (Lipinski definition) is 4. The second kappa shape index (κ2) is 18.2.